The Morgan fingerprint density at radius 3 is 1.86 bits per heavy atom. The van der Waals surface area contributed by atoms with Crippen LogP contribution in [-0.2, 0) is 11.3 Å². The average Bonchev–Trinajstić information content (AvgIpc) is 2.52. The summed E-state index contributed by atoms with van der Waals surface area (Å²) in [5.74, 6) is -10.6. The Morgan fingerprint density at radius 2 is 1.32 bits per heavy atom. The molecule has 0 aliphatic rings. The van der Waals surface area contributed by atoms with Crippen LogP contribution in [0.25, 0.3) is 0 Å². The Balaban J connectivity index is 2.11. The van der Waals surface area contributed by atoms with Gasteiger partial charge in [0.25, 0.3) is 0 Å². The monoisotopic (exact) mass is 318 g/mol. The molecule has 1 atom stereocenters. The first-order valence-corrected chi connectivity index (χ1v) is 6.24. The summed E-state index contributed by atoms with van der Waals surface area (Å²) < 4.78 is 70.9. The third-order valence-electron chi connectivity index (χ3n) is 2.96. The van der Waals surface area contributed by atoms with Gasteiger partial charge in [0, 0.05) is 0 Å². The molecule has 2 aromatic rings. The van der Waals surface area contributed by atoms with Crippen LogP contribution in [0.15, 0.2) is 30.3 Å². The van der Waals surface area contributed by atoms with Crippen LogP contribution < -0.4 is 0 Å². The van der Waals surface area contributed by atoms with Gasteiger partial charge >= 0.3 is 0 Å². The van der Waals surface area contributed by atoms with Gasteiger partial charge in [-0.25, -0.2) is 22.0 Å². The van der Waals surface area contributed by atoms with Gasteiger partial charge in [-0.3, -0.25) is 0 Å². The molecule has 0 amide bonds. The van der Waals surface area contributed by atoms with E-state index in [9.17, 15) is 27.1 Å². The molecule has 0 bridgehead atoms. The summed E-state index contributed by atoms with van der Waals surface area (Å²) in [4.78, 5) is 0. The molecule has 0 spiro atoms. The third-order valence-corrected chi connectivity index (χ3v) is 2.96. The summed E-state index contributed by atoms with van der Waals surface area (Å²) in [7, 11) is 0. The smallest absolute Gasteiger partial charge is 0.200 e. The lowest BCUT2D eigenvalue weighted by Crippen LogP contribution is -2.15. The average molecular weight is 318 g/mol. The molecule has 0 saturated heterocycles. The fourth-order valence-electron chi connectivity index (χ4n) is 1.86. The van der Waals surface area contributed by atoms with Crippen molar-refractivity contribution in [1.82, 2.24) is 0 Å². The Morgan fingerprint density at radius 1 is 0.818 bits per heavy atom. The maximum Gasteiger partial charge on any atom is 0.200 e. The van der Waals surface area contributed by atoms with Gasteiger partial charge in [0.15, 0.2) is 23.3 Å². The molecule has 22 heavy (non-hydrogen) atoms. The highest BCUT2D eigenvalue weighted by molar-refractivity contribution is 5.26. The Kier molecular flexibility index (Phi) is 5.10. The van der Waals surface area contributed by atoms with Gasteiger partial charge < -0.3 is 9.84 Å². The summed E-state index contributed by atoms with van der Waals surface area (Å²) in [5, 5.41) is 9.64. The highest BCUT2D eigenvalue weighted by Gasteiger charge is 2.29. The first-order chi connectivity index (χ1) is 10.4. The normalized spacial score (nSPS) is 12.5. The first-order valence-electron chi connectivity index (χ1n) is 6.24. The number of hydrogen-bond acceptors (Lipinski definition) is 2. The molecule has 2 aromatic carbocycles. The van der Waals surface area contributed by atoms with Crippen LogP contribution >= 0.6 is 0 Å². The summed E-state index contributed by atoms with van der Waals surface area (Å²) in [6.07, 6.45) is -1.98. The van der Waals surface area contributed by atoms with Crippen LogP contribution in [0.5, 0.6) is 0 Å². The second-order valence-electron chi connectivity index (χ2n) is 4.50. The molecule has 0 fully saturated rings. The Hall–Kier alpha value is -1.99. The minimum Gasteiger partial charge on any atom is -0.386 e. The number of hydrogen-bond donors (Lipinski definition) is 1. The van der Waals surface area contributed by atoms with E-state index in [-0.39, 0.29) is 6.61 Å². The highest BCUT2D eigenvalue weighted by Crippen LogP contribution is 2.28. The summed E-state index contributed by atoms with van der Waals surface area (Å²) in [5.41, 5.74) is -0.573. The highest BCUT2D eigenvalue weighted by atomic mass is 19.2. The lowest BCUT2D eigenvalue weighted by atomic mass is 10.1. The van der Waals surface area contributed by atoms with Crippen molar-refractivity contribution in [2.45, 2.75) is 12.7 Å². The molecule has 7 heteroatoms. The minimum absolute atomic E-state index is 0.0211. The van der Waals surface area contributed by atoms with Gasteiger partial charge in [0.05, 0.1) is 18.8 Å². The quantitative estimate of drug-likeness (QED) is 0.518. The number of halogens is 5. The zero-order chi connectivity index (χ0) is 16.3. The zero-order valence-electron chi connectivity index (χ0n) is 11.1. The molecule has 0 radical (unpaired) electrons. The van der Waals surface area contributed by atoms with Crippen molar-refractivity contribution in [1.29, 1.82) is 0 Å². The summed E-state index contributed by atoms with van der Waals surface area (Å²) in [6, 6.07) is 8.67. The van der Waals surface area contributed by atoms with Gasteiger partial charge in [-0.05, 0) is 5.56 Å². The summed E-state index contributed by atoms with van der Waals surface area (Å²) in [6.45, 7) is -0.597. The standard InChI is InChI=1S/C15H11F5O2/c16-11-10(12(17)14(19)15(20)13(11)18)9(21)7-22-6-8-4-2-1-3-5-8/h1-5,9,21H,6-7H2. The van der Waals surface area contributed by atoms with Crippen molar-refractivity contribution < 1.29 is 31.8 Å². The van der Waals surface area contributed by atoms with E-state index in [1.165, 1.54) is 0 Å². The molecule has 0 aliphatic heterocycles. The van der Waals surface area contributed by atoms with Crippen LogP contribution in [0.4, 0.5) is 22.0 Å². The van der Waals surface area contributed by atoms with Crippen molar-refractivity contribution in [2.75, 3.05) is 6.61 Å². The molecular weight excluding hydrogens is 307 g/mol. The molecule has 0 heterocycles. The predicted octanol–water partition coefficient (Wildman–Crippen LogP) is 3.63. The summed E-state index contributed by atoms with van der Waals surface area (Å²) >= 11 is 0. The van der Waals surface area contributed by atoms with E-state index in [0.717, 1.165) is 5.56 Å². The van der Waals surface area contributed by atoms with Gasteiger partial charge in [-0.1, -0.05) is 30.3 Å². The van der Waals surface area contributed by atoms with Gasteiger partial charge in [0.2, 0.25) is 5.82 Å². The third kappa shape index (κ3) is 3.26. The first kappa shape index (κ1) is 16.4. The largest absolute Gasteiger partial charge is 0.386 e. The number of ether oxygens (including phenoxy) is 1. The molecule has 118 valence electrons. The molecule has 1 unspecified atom stereocenters. The number of rotatable bonds is 5. The van der Waals surface area contributed by atoms with Gasteiger partial charge in [-0.2, -0.15) is 0 Å². The van der Waals surface area contributed by atoms with Crippen molar-refractivity contribution in [2.24, 2.45) is 0 Å². The molecular formula is C15H11F5O2. The van der Waals surface area contributed by atoms with Crippen LogP contribution in [0.1, 0.15) is 17.2 Å². The molecule has 0 saturated carbocycles. The van der Waals surface area contributed by atoms with E-state index < -0.39 is 47.4 Å². The predicted molar refractivity (Wildman–Crippen MR) is 67.3 cm³/mol. The molecule has 2 rings (SSSR count). The van der Waals surface area contributed by atoms with E-state index in [2.05, 4.69) is 0 Å². The van der Waals surface area contributed by atoms with Crippen LogP contribution in [0.2, 0.25) is 0 Å². The van der Waals surface area contributed by atoms with Crippen molar-refractivity contribution in [3.63, 3.8) is 0 Å². The topological polar surface area (TPSA) is 29.5 Å². The second kappa shape index (κ2) is 6.85. The maximum atomic E-state index is 13.5. The van der Waals surface area contributed by atoms with Crippen molar-refractivity contribution >= 4 is 0 Å². The number of aliphatic hydroxyl groups is 1. The lowest BCUT2D eigenvalue weighted by molar-refractivity contribution is 0.0233. The zero-order valence-corrected chi connectivity index (χ0v) is 11.1. The number of benzene rings is 2. The van der Waals surface area contributed by atoms with E-state index in [4.69, 9.17) is 4.74 Å². The molecule has 0 aromatic heterocycles. The van der Waals surface area contributed by atoms with Crippen LogP contribution in [0.3, 0.4) is 0 Å². The second-order valence-corrected chi connectivity index (χ2v) is 4.50. The lowest BCUT2D eigenvalue weighted by Gasteiger charge is -2.14. The van der Waals surface area contributed by atoms with Crippen LogP contribution in [-0.4, -0.2) is 11.7 Å². The van der Waals surface area contributed by atoms with Crippen molar-refractivity contribution in [3.05, 3.63) is 70.5 Å². The minimum atomic E-state index is -2.27. The van der Waals surface area contributed by atoms with E-state index in [1.807, 2.05) is 0 Å². The number of aliphatic hydroxyl groups excluding tert-OH is 1. The SMILES string of the molecule is OC(COCc1ccccc1)c1c(F)c(F)c(F)c(F)c1F. The van der Waals surface area contributed by atoms with Crippen molar-refractivity contribution in [3.8, 4) is 0 Å². The molecule has 1 N–H and O–H groups in total. The Bertz CT molecular complexity index is 632. The fraction of sp³-hybridized carbons (Fsp3) is 0.200. The van der Waals surface area contributed by atoms with Gasteiger partial charge in [0.1, 0.15) is 6.10 Å². The molecule has 2 nitrogen and oxygen atoms in total. The van der Waals surface area contributed by atoms with Gasteiger partial charge in [-0.15, -0.1) is 0 Å². The Labute approximate surface area is 122 Å². The van der Waals surface area contributed by atoms with E-state index >= 15 is 0 Å². The fourth-order valence-corrected chi connectivity index (χ4v) is 1.86. The van der Waals surface area contributed by atoms with Crippen LogP contribution in [0, 0.1) is 29.1 Å². The van der Waals surface area contributed by atoms with E-state index in [0.29, 0.717) is 0 Å². The molecule has 0 aliphatic carbocycles. The maximum absolute atomic E-state index is 13.5. The van der Waals surface area contributed by atoms with E-state index in [1.54, 1.807) is 30.3 Å².